The van der Waals surface area contributed by atoms with E-state index < -0.39 is 0 Å². The van der Waals surface area contributed by atoms with Gasteiger partial charge in [-0.3, -0.25) is 9.78 Å². The lowest BCUT2D eigenvalue weighted by Crippen LogP contribution is -2.25. The van der Waals surface area contributed by atoms with Gasteiger partial charge in [0.05, 0.1) is 12.3 Å². The van der Waals surface area contributed by atoms with Gasteiger partial charge in [-0.15, -0.1) is 11.8 Å². The van der Waals surface area contributed by atoms with Crippen molar-refractivity contribution in [2.24, 2.45) is 0 Å². The van der Waals surface area contributed by atoms with Gasteiger partial charge in [-0.1, -0.05) is 5.16 Å². The second-order valence-electron chi connectivity index (χ2n) is 3.79. The number of hydrogen-bond acceptors (Lipinski definition) is 7. The molecule has 2 aromatic heterocycles. The van der Waals surface area contributed by atoms with Crippen LogP contribution in [0.1, 0.15) is 11.7 Å². The lowest BCUT2D eigenvalue weighted by atomic mass is 10.5. The van der Waals surface area contributed by atoms with E-state index in [2.05, 4.69) is 20.4 Å². The van der Waals surface area contributed by atoms with Crippen LogP contribution in [0.4, 0.5) is 0 Å². The number of thioether (sulfide) groups is 1. The molecular formula is C12H14N4O3S. The molecule has 1 amide bonds. The zero-order chi connectivity index (χ0) is 14.2. The number of aromatic nitrogens is 3. The van der Waals surface area contributed by atoms with Gasteiger partial charge in [0.1, 0.15) is 6.61 Å². The summed E-state index contributed by atoms with van der Waals surface area (Å²) < 4.78 is 9.78. The Morgan fingerprint density at radius 3 is 3.00 bits per heavy atom. The van der Waals surface area contributed by atoms with Crippen molar-refractivity contribution in [1.29, 1.82) is 0 Å². The highest BCUT2D eigenvalue weighted by Crippen LogP contribution is 2.15. The highest BCUT2D eigenvalue weighted by Gasteiger charge is 2.08. The molecule has 106 valence electrons. The summed E-state index contributed by atoms with van der Waals surface area (Å²) in [5, 5.41) is 6.45. The summed E-state index contributed by atoms with van der Waals surface area (Å²) in [7, 11) is 1.54. The number of rotatable bonds is 7. The van der Waals surface area contributed by atoms with E-state index in [0.717, 1.165) is 4.90 Å². The van der Waals surface area contributed by atoms with E-state index in [1.807, 2.05) is 12.1 Å². The maximum atomic E-state index is 11.7. The van der Waals surface area contributed by atoms with Gasteiger partial charge in [0.2, 0.25) is 5.91 Å². The maximum Gasteiger partial charge on any atom is 0.252 e. The first-order valence-corrected chi connectivity index (χ1v) is 6.86. The summed E-state index contributed by atoms with van der Waals surface area (Å²) in [4.78, 5) is 20.6. The molecule has 0 aromatic carbocycles. The average Bonchev–Trinajstić information content (AvgIpc) is 2.92. The molecule has 0 radical (unpaired) electrons. The third-order valence-electron chi connectivity index (χ3n) is 2.24. The minimum absolute atomic E-state index is 0.0927. The number of hydrogen-bond donors (Lipinski definition) is 1. The minimum atomic E-state index is -0.0927. The Kier molecular flexibility index (Phi) is 5.51. The number of methoxy groups -OCH3 is 1. The number of nitrogens with one attached hydrogen (secondary N) is 1. The van der Waals surface area contributed by atoms with Gasteiger partial charge in [0, 0.05) is 24.4 Å². The van der Waals surface area contributed by atoms with Crippen molar-refractivity contribution >= 4 is 17.7 Å². The summed E-state index contributed by atoms with van der Waals surface area (Å²) in [6, 6.07) is 3.71. The number of carbonyl (C=O) groups is 1. The van der Waals surface area contributed by atoms with Crippen LogP contribution in [-0.4, -0.2) is 33.9 Å². The van der Waals surface area contributed by atoms with Crippen LogP contribution in [0.5, 0.6) is 0 Å². The van der Waals surface area contributed by atoms with Gasteiger partial charge in [-0.2, -0.15) is 4.98 Å². The molecule has 0 fully saturated rings. The second-order valence-corrected chi connectivity index (χ2v) is 4.83. The summed E-state index contributed by atoms with van der Waals surface area (Å²) in [6.07, 6.45) is 3.38. The fourth-order valence-corrected chi connectivity index (χ4v) is 2.07. The smallest absolute Gasteiger partial charge is 0.252 e. The Hall–Kier alpha value is -1.93. The van der Waals surface area contributed by atoms with Crippen LogP contribution < -0.4 is 5.32 Å². The van der Waals surface area contributed by atoms with Crippen LogP contribution in [0.3, 0.4) is 0 Å². The SMILES string of the molecule is COCc1nc(CNC(=O)CSc2ccncc2)no1. The fraction of sp³-hybridized carbons (Fsp3) is 0.333. The highest BCUT2D eigenvalue weighted by molar-refractivity contribution is 8.00. The van der Waals surface area contributed by atoms with Crippen LogP contribution in [0.25, 0.3) is 0 Å². The average molecular weight is 294 g/mol. The summed E-state index contributed by atoms with van der Waals surface area (Å²) in [5.74, 6) is 1.06. The van der Waals surface area contributed by atoms with E-state index in [4.69, 9.17) is 9.26 Å². The normalized spacial score (nSPS) is 10.4. The van der Waals surface area contributed by atoms with E-state index >= 15 is 0 Å². The maximum absolute atomic E-state index is 11.7. The molecule has 0 unspecified atom stereocenters. The Labute approximate surface area is 120 Å². The molecular weight excluding hydrogens is 280 g/mol. The standard InChI is InChI=1S/C12H14N4O3S/c1-18-7-12-15-10(16-19-12)6-14-11(17)8-20-9-2-4-13-5-3-9/h2-5H,6-8H2,1H3,(H,14,17). The van der Waals surface area contributed by atoms with Crippen molar-refractivity contribution in [3.05, 3.63) is 36.2 Å². The lowest BCUT2D eigenvalue weighted by molar-refractivity contribution is -0.118. The van der Waals surface area contributed by atoms with Crippen molar-refractivity contribution in [3.8, 4) is 0 Å². The molecule has 0 saturated carbocycles. The van der Waals surface area contributed by atoms with Crippen LogP contribution in [0, 0.1) is 0 Å². The third kappa shape index (κ3) is 4.63. The molecule has 2 rings (SSSR count). The van der Waals surface area contributed by atoms with Crippen molar-refractivity contribution in [2.45, 2.75) is 18.0 Å². The zero-order valence-electron chi connectivity index (χ0n) is 10.9. The molecule has 20 heavy (non-hydrogen) atoms. The molecule has 0 spiro atoms. The molecule has 1 N–H and O–H groups in total. The number of pyridine rings is 1. The van der Waals surface area contributed by atoms with E-state index in [0.29, 0.717) is 17.5 Å². The molecule has 0 bridgehead atoms. The molecule has 0 saturated heterocycles. The molecule has 0 aliphatic heterocycles. The van der Waals surface area contributed by atoms with Gasteiger partial charge in [0.25, 0.3) is 5.89 Å². The largest absolute Gasteiger partial charge is 0.375 e. The zero-order valence-corrected chi connectivity index (χ0v) is 11.7. The van der Waals surface area contributed by atoms with E-state index in [1.54, 1.807) is 19.5 Å². The van der Waals surface area contributed by atoms with Gasteiger partial charge in [-0.05, 0) is 12.1 Å². The number of ether oxygens (including phenoxy) is 1. The Bertz CT molecular complexity index is 547. The van der Waals surface area contributed by atoms with Gasteiger partial charge in [-0.25, -0.2) is 0 Å². The monoisotopic (exact) mass is 294 g/mol. The van der Waals surface area contributed by atoms with Crippen molar-refractivity contribution < 1.29 is 14.1 Å². The van der Waals surface area contributed by atoms with Crippen molar-refractivity contribution in [2.75, 3.05) is 12.9 Å². The predicted molar refractivity (Wildman–Crippen MR) is 71.8 cm³/mol. The van der Waals surface area contributed by atoms with Crippen molar-refractivity contribution in [3.63, 3.8) is 0 Å². The first-order valence-electron chi connectivity index (χ1n) is 5.88. The third-order valence-corrected chi connectivity index (χ3v) is 3.25. The first-order chi connectivity index (χ1) is 9.78. The van der Waals surface area contributed by atoms with Crippen LogP contribution in [-0.2, 0) is 22.7 Å². The molecule has 2 heterocycles. The lowest BCUT2D eigenvalue weighted by Gasteiger charge is -2.02. The van der Waals surface area contributed by atoms with E-state index in [1.165, 1.54) is 11.8 Å². The molecule has 8 heteroatoms. The van der Waals surface area contributed by atoms with Crippen molar-refractivity contribution in [1.82, 2.24) is 20.4 Å². The highest BCUT2D eigenvalue weighted by atomic mass is 32.2. The van der Waals surface area contributed by atoms with Gasteiger partial charge < -0.3 is 14.6 Å². The number of amides is 1. The fourth-order valence-electron chi connectivity index (χ4n) is 1.36. The van der Waals surface area contributed by atoms with Crippen LogP contribution in [0.2, 0.25) is 0 Å². The topological polar surface area (TPSA) is 90.1 Å². The van der Waals surface area contributed by atoms with E-state index in [9.17, 15) is 4.79 Å². The predicted octanol–water partition coefficient (Wildman–Crippen LogP) is 1.02. The van der Waals surface area contributed by atoms with Crippen LogP contribution >= 0.6 is 11.8 Å². The Morgan fingerprint density at radius 2 is 2.25 bits per heavy atom. The minimum Gasteiger partial charge on any atom is -0.375 e. The summed E-state index contributed by atoms with van der Waals surface area (Å²) in [6.45, 7) is 0.502. The van der Waals surface area contributed by atoms with Gasteiger partial charge >= 0.3 is 0 Å². The molecule has 0 aliphatic carbocycles. The molecule has 2 aromatic rings. The second kappa shape index (κ2) is 7.61. The Morgan fingerprint density at radius 1 is 1.45 bits per heavy atom. The molecule has 0 atom stereocenters. The summed E-state index contributed by atoms with van der Waals surface area (Å²) in [5.41, 5.74) is 0. The molecule has 0 aliphatic rings. The van der Waals surface area contributed by atoms with Crippen LogP contribution in [0.15, 0.2) is 33.9 Å². The van der Waals surface area contributed by atoms with Gasteiger partial charge in [0.15, 0.2) is 5.82 Å². The first kappa shape index (κ1) is 14.5. The quantitative estimate of drug-likeness (QED) is 0.762. The molecule has 7 nitrogen and oxygen atoms in total. The Balaban J connectivity index is 1.71. The number of carbonyl (C=O) groups excluding carboxylic acids is 1. The summed E-state index contributed by atoms with van der Waals surface area (Å²) >= 11 is 1.44. The van der Waals surface area contributed by atoms with E-state index in [-0.39, 0.29) is 19.1 Å². The number of nitrogens with zero attached hydrogens (tertiary/aromatic N) is 3.